The minimum Gasteiger partial charge on any atom is -0.439 e. The van der Waals surface area contributed by atoms with Gasteiger partial charge in [-0.1, -0.05) is 35.7 Å². The van der Waals surface area contributed by atoms with E-state index in [9.17, 15) is 9.59 Å². The minimum absolute atomic E-state index is 0.0231. The molecule has 0 bridgehead atoms. The fourth-order valence-electron chi connectivity index (χ4n) is 4.14. The van der Waals surface area contributed by atoms with Crippen molar-refractivity contribution in [2.75, 3.05) is 18.4 Å². The van der Waals surface area contributed by atoms with Gasteiger partial charge in [-0.05, 0) is 55.3 Å². The van der Waals surface area contributed by atoms with Crippen molar-refractivity contribution in [2.24, 2.45) is 0 Å². The molecule has 0 saturated carbocycles. The van der Waals surface area contributed by atoms with Gasteiger partial charge in [-0.15, -0.1) is 0 Å². The molecule has 2 aromatic heterocycles. The maximum atomic E-state index is 13.0. The Morgan fingerprint density at radius 1 is 0.974 bits per heavy atom. The summed E-state index contributed by atoms with van der Waals surface area (Å²) in [6.07, 6.45) is 6.46. The summed E-state index contributed by atoms with van der Waals surface area (Å²) in [5, 5.41) is 7.71. The van der Waals surface area contributed by atoms with E-state index in [2.05, 4.69) is 27.2 Å². The molecule has 38 heavy (non-hydrogen) atoms. The lowest BCUT2D eigenvalue weighted by Crippen LogP contribution is -2.39. The Morgan fingerprint density at radius 3 is 2.45 bits per heavy atom. The van der Waals surface area contributed by atoms with Gasteiger partial charge in [0.15, 0.2) is 0 Å². The van der Waals surface area contributed by atoms with Gasteiger partial charge in [0.1, 0.15) is 5.75 Å². The molecule has 5 rings (SSSR count). The third-order valence-electron chi connectivity index (χ3n) is 6.10. The topological polar surface area (TPSA) is 89.4 Å². The third kappa shape index (κ3) is 6.38. The first-order valence-electron chi connectivity index (χ1n) is 12.1. The van der Waals surface area contributed by atoms with Gasteiger partial charge in [0, 0.05) is 48.6 Å². The average Bonchev–Trinajstić information content (AvgIpc) is 3.42. The first-order valence-corrected chi connectivity index (χ1v) is 12.5. The second-order valence-electron chi connectivity index (χ2n) is 8.74. The lowest BCUT2D eigenvalue weighted by Gasteiger charge is -2.32. The van der Waals surface area contributed by atoms with Gasteiger partial charge >= 0.3 is 5.91 Å². The second-order valence-corrected chi connectivity index (χ2v) is 9.18. The molecular formula is C29H24ClN5O3. The van der Waals surface area contributed by atoms with Gasteiger partial charge in [0.25, 0.3) is 5.91 Å². The number of halogens is 1. The zero-order chi connectivity index (χ0) is 26.3. The number of likely N-dealkylation sites (tertiary alicyclic amines) is 1. The number of benzene rings is 2. The van der Waals surface area contributed by atoms with Gasteiger partial charge in [-0.3, -0.25) is 14.3 Å². The van der Waals surface area contributed by atoms with Crippen molar-refractivity contribution in [3.05, 3.63) is 101 Å². The van der Waals surface area contributed by atoms with Crippen molar-refractivity contribution in [1.82, 2.24) is 19.7 Å². The maximum Gasteiger partial charge on any atom is 0.300 e. The van der Waals surface area contributed by atoms with E-state index in [0.29, 0.717) is 41.0 Å². The van der Waals surface area contributed by atoms with Crippen LogP contribution < -0.4 is 10.1 Å². The van der Waals surface area contributed by atoms with Gasteiger partial charge in [0.05, 0.1) is 22.9 Å². The summed E-state index contributed by atoms with van der Waals surface area (Å²) in [4.78, 5) is 31.1. The summed E-state index contributed by atoms with van der Waals surface area (Å²) in [5.41, 5.74) is 1.96. The first kappa shape index (κ1) is 25.1. The number of nitrogens with zero attached hydrogens (tertiary/aromatic N) is 4. The Hall–Kier alpha value is -4.61. The van der Waals surface area contributed by atoms with Crippen LogP contribution in [0.4, 0.5) is 5.69 Å². The van der Waals surface area contributed by atoms with E-state index in [1.807, 2.05) is 39.9 Å². The number of aromatic nitrogens is 3. The molecule has 8 nitrogen and oxygen atoms in total. The largest absolute Gasteiger partial charge is 0.439 e. The normalized spacial score (nSPS) is 13.3. The Morgan fingerprint density at radius 2 is 1.74 bits per heavy atom. The molecule has 1 aliphatic heterocycles. The van der Waals surface area contributed by atoms with E-state index in [1.165, 1.54) is 6.20 Å². The molecule has 2 aromatic carbocycles. The highest BCUT2D eigenvalue weighted by Crippen LogP contribution is 2.26. The molecule has 1 saturated heterocycles. The number of piperidine rings is 1. The third-order valence-corrected chi connectivity index (χ3v) is 6.33. The highest BCUT2D eigenvalue weighted by Gasteiger charge is 2.25. The van der Waals surface area contributed by atoms with E-state index in [-0.39, 0.29) is 11.9 Å². The molecule has 9 heteroatoms. The standard InChI is InChI=1S/C29H24ClN5O3/c30-23-9-13-28(31-18-23)38-26-10-7-22(8-11-26)29(37)34-16-14-25(15-17-34)35-20-24(19-32-35)33-27(36)12-6-21-4-2-1-3-5-21/h1-5,7-11,13,18-20,25H,14-17H2,(H,33,36). The average molecular weight is 526 g/mol. The smallest absolute Gasteiger partial charge is 0.300 e. The summed E-state index contributed by atoms with van der Waals surface area (Å²) in [6.45, 7) is 1.22. The van der Waals surface area contributed by atoms with Gasteiger partial charge in [0.2, 0.25) is 5.88 Å². The van der Waals surface area contributed by atoms with Crippen LogP contribution in [0.1, 0.15) is 34.8 Å². The summed E-state index contributed by atoms with van der Waals surface area (Å²) >= 11 is 5.85. The molecule has 2 amide bonds. The molecule has 4 aromatic rings. The van der Waals surface area contributed by atoms with Crippen molar-refractivity contribution < 1.29 is 14.3 Å². The highest BCUT2D eigenvalue weighted by atomic mass is 35.5. The van der Waals surface area contributed by atoms with E-state index in [4.69, 9.17) is 16.3 Å². The minimum atomic E-state index is -0.394. The zero-order valence-electron chi connectivity index (χ0n) is 20.4. The predicted octanol–water partition coefficient (Wildman–Crippen LogP) is 5.19. The monoisotopic (exact) mass is 525 g/mol. The summed E-state index contributed by atoms with van der Waals surface area (Å²) < 4.78 is 7.54. The number of amides is 2. The van der Waals surface area contributed by atoms with Crippen LogP contribution >= 0.6 is 11.6 Å². The number of anilines is 1. The summed E-state index contributed by atoms with van der Waals surface area (Å²) in [6, 6.07) is 19.9. The van der Waals surface area contributed by atoms with Gasteiger partial charge < -0.3 is 15.0 Å². The van der Waals surface area contributed by atoms with Crippen LogP contribution in [0.2, 0.25) is 5.02 Å². The molecule has 1 fully saturated rings. The number of carbonyl (C=O) groups is 2. The SMILES string of the molecule is O=C(C#Cc1ccccc1)Nc1cnn(C2CCN(C(=O)c3ccc(Oc4ccc(Cl)cn4)cc3)CC2)c1. The number of rotatable bonds is 5. The number of hydrogen-bond acceptors (Lipinski definition) is 5. The summed E-state index contributed by atoms with van der Waals surface area (Å²) in [5.74, 6) is 6.03. The Kier molecular flexibility index (Phi) is 7.67. The quantitative estimate of drug-likeness (QED) is 0.362. The van der Waals surface area contributed by atoms with Crippen molar-refractivity contribution >= 4 is 29.1 Å². The first-order chi connectivity index (χ1) is 18.5. The second kappa shape index (κ2) is 11.6. The van der Waals surface area contributed by atoms with Crippen LogP contribution in [0.15, 0.2) is 85.3 Å². The predicted molar refractivity (Wildman–Crippen MR) is 144 cm³/mol. The molecule has 1 N–H and O–H groups in total. The van der Waals surface area contributed by atoms with Crippen LogP contribution in [-0.4, -0.2) is 44.6 Å². The summed E-state index contributed by atoms with van der Waals surface area (Å²) in [7, 11) is 0. The molecule has 0 atom stereocenters. The molecule has 190 valence electrons. The fourth-order valence-corrected chi connectivity index (χ4v) is 4.25. The number of hydrogen-bond donors (Lipinski definition) is 1. The van der Waals surface area contributed by atoms with Crippen LogP contribution in [0.3, 0.4) is 0 Å². The van der Waals surface area contributed by atoms with E-state index in [0.717, 1.165) is 18.4 Å². The molecule has 0 unspecified atom stereocenters. The lowest BCUT2D eigenvalue weighted by atomic mass is 10.0. The van der Waals surface area contributed by atoms with E-state index in [1.54, 1.807) is 48.8 Å². The Labute approximate surface area is 225 Å². The van der Waals surface area contributed by atoms with Crippen LogP contribution in [0.25, 0.3) is 0 Å². The number of carbonyl (C=O) groups excluding carboxylic acids is 2. The highest BCUT2D eigenvalue weighted by molar-refractivity contribution is 6.30. The van der Waals surface area contributed by atoms with E-state index < -0.39 is 5.91 Å². The zero-order valence-corrected chi connectivity index (χ0v) is 21.1. The van der Waals surface area contributed by atoms with Crippen molar-refractivity contribution in [3.63, 3.8) is 0 Å². The number of pyridine rings is 1. The van der Waals surface area contributed by atoms with Crippen molar-refractivity contribution in [3.8, 4) is 23.5 Å². The Balaban J connectivity index is 1.12. The molecular weight excluding hydrogens is 502 g/mol. The molecule has 0 spiro atoms. The van der Waals surface area contributed by atoms with Crippen LogP contribution in [0.5, 0.6) is 11.6 Å². The molecule has 1 aliphatic rings. The van der Waals surface area contributed by atoms with Crippen molar-refractivity contribution in [2.45, 2.75) is 18.9 Å². The molecule has 0 aliphatic carbocycles. The Bertz CT molecular complexity index is 1470. The van der Waals surface area contributed by atoms with Crippen LogP contribution in [-0.2, 0) is 4.79 Å². The van der Waals surface area contributed by atoms with E-state index >= 15 is 0 Å². The van der Waals surface area contributed by atoms with Crippen molar-refractivity contribution in [1.29, 1.82) is 0 Å². The number of nitrogens with one attached hydrogen (secondary N) is 1. The van der Waals surface area contributed by atoms with Gasteiger partial charge in [-0.2, -0.15) is 5.10 Å². The maximum absolute atomic E-state index is 13.0. The molecule has 0 radical (unpaired) electrons. The fraction of sp³-hybridized carbons (Fsp3) is 0.172. The number of ether oxygens (including phenoxy) is 1. The van der Waals surface area contributed by atoms with Gasteiger partial charge in [-0.25, -0.2) is 4.98 Å². The van der Waals surface area contributed by atoms with Crippen LogP contribution in [0, 0.1) is 11.8 Å². The lowest BCUT2D eigenvalue weighted by molar-refractivity contribution is -0.111. The molecule has 3 heterocycles.